The monoisotopic (exact) mass is 304 g/mol. The molecule has 0 spiro atoms. The minimum Gasteiger partial charge on any atom is -0.0843 e. The van der Waals surface area contributed by atoms with Crippen LogP contribution in [0.5, 0.6) is 0 Å². The van der Waals surface area contributed by atoms with E-state index in [4.69, 9.17) is 11.6 Å². The summed E-state index contributed by atoms with van der Waals surface area (Å²) in [6.07, 6.45) is 0. The minimum atomic E-state index is 0.568. The van der Waals surface area contributed by atoms with E-state index in [2.05, 4.69) is 58.0 Å². The summed E-state index contributed by atoms with van der Waals surface area (Å²) in [4.78, 5) is 0. The Hall–Kier alpha value is -1.27. The average Bonchev–Trinajstić information content (AvgIpc) is 2.51. The number of benzene rings is 2. The van der Waals surface area contributed by atoms with Crippen molar-refractivity contribution < 1.29 is 0 Å². The molecule has 0 radical (unpaired) electrons. The van der Waals surface area contributed by atoms with Crippen molar-refractivity contribution in [2.45, 2.75) is 53.4 Å². The van der Waals surface area contributed by atoms with E-state index >= 15 is 0 Å². The van der Waals surface area contributed by atoms with Crippen molar-refractivity contribution in [3.8, 4) is 0 Å². The quantitative estimate of drug-likeness (QED) is 0.546. The maximum atomic E-state index is 5.79. The molecule has 2 aromatic rings. The molecule has 2 aromatic carbocycles. The second kappa shape index (κ2) is 11.4. The van der Waals surface area contributed by atoms with Gasteiger partial charge in [0, 0.05) is 5.02 Å². The second-order valence-corrected chi connectivity index (χ2v) is 5.71. The predicted molar refractivity (Wildman–Crippen MR) is 97.4 cm³/mol. The third kappa shape index (κ3) is 8.57. The Bertz CT molecular complexity index is 472. The highest BCUT2D eigenvalue weighted by Crippen LogP contribution is 2.17. The molecule has 0 amide bonds. The van der Waals surface area contributed by atoms with Crippen LogP contribution in [0.1, 0.15) is 64.5 Å². The van der Waals surface area contributed by atoms with Gasteiger partial charge in [-0.3, -0.25) is 0 Å². The summed E-state index contributed by atoms with van der Waals surface area (Å²) in [6, 6.07) is 18.5. The molecule has 116 valence electrons. The molecule has 0 nitrogen and oxygen atoms in total. The van der Waals surface area contributed by atoms with Gasteiger partial charge in [-0.2, -0.15) is 0 Å². The second-order valence-electron chi connectivity index (χ2n) is 5.28. The van der Waals surface area contributed by atoms with Crippen LogP contribution in [0.3, 0.4) is 0 Å². The van der Waals surface area contributed by atoms with Gasteiger partial charge in [-0.05, 0) is 35.1 Å². The van der Waals surface area contributed by atoms with Crippen molar-refractivity contribution in [3.63, 3.8) is 0 Å². The largest absolute Gasteiger partial charge is 0.0843 e. The van der Waals surface area contributed by atoms with Gasteiger partial charge in [-0.1, -0.05) is 95.6 Å². The van der Waals surface area contributed by atoms with Crippen molar-refractivity contribution in [1.82, 2.24) is 0 Å². The summed E-state index contributed by atoms with van der Waals surface area (Å²) < 4.78 is 0. The van der Waals surface area contributed by atoms with Crippen LogP contribution in [0, 0.1) is 0 Å². The first kappa shape index (κ1) is 19.7. The zero-order chi connectivity index (χ0) is 16.3. The molecule has 0 aliphatic carbocycles. The molecule has 0 heterocycles. The Morgan fingerprint density at radius 1 is 0.667 bits per heavy atom. The normalized spacial score (nSPS) is 9.57. The molecule has 0 bridgehead atoms. The molecule has 0 N–H and O–H groups in total. The Morgan fingerprint density at radius 2 is 1.14 bits per heavy atom. The molecule has 0 aliphatic rings. The molecule has 1 heteroatoms. The summed E-state index contributed by atoms with van der Waals surface area (Å²) >= 11 is 5.79. The molecular formula is C20H29Cl. The first-order chi connectivity index (χ1) is 10.0. The van der Waals surface area contributed by atoms with Crippen molar-refractivity contribution in [3.05, 3.63) is 70.7 Å². The van der Waals surface area contributed by atoms with Crippen LogP contribution < -0.4 is 0 Å². The summed E-state index contributed by atoms with van der Waals surface area (Å²) in [6.45, 7) is 12.7. The molecule has 0 aliphatic heterocycles. The highest BCUT2D eigenvalue weighted by atomic mass is 35.5. The summed E-state index contributed by atoms with van der Waals surface area (Å²) in [5, 5.41) is 0.825. The lowest BCUT2D eigenvalue weighted by molar-refractivity contribution is 0.867. The lowest BCUT2D eigenvalue weighted by atomic mass is 10.0. The maximum absolute atomic E-state index is 5.79. The van der Waals surface area contributed by atoms with Crippen molar-refractivity contribution >= 4 is 11.6 Å². The molecule has 0 fully saturated rings. The zero-order valence-electron chi connectivity index (χ0n) is 14.2. The van der Waals surface area contributed by atoms with E-state index in [1.54, 1.807) is 0 Å². The number of hydrogen-bond donors (Lipinski definition) is 0. The Morgan fingerprint density at radius 3 is 1.48 bits per heavy atom. The number of halogens is 1. The van der Waals surface area contributed by atoms with E-state index in [-0.39, 0.29) is 0 Å². The summed E-state index contributed by atoms with van der Waals surface area (Å²) in [7, 11) is 0. The molecule has 0 saturated carbocycles. The van der Waals surface area contributed by atoms with Crippen LogP contribution in [0.4, 0.5) is 0 Å². The maximum Gasteiger partial charge on any atom is 0.0408 e. The van der Waals surface area contributed by atoms with Gasteiger partial charge < -0.3 is 0 Å². The fourth-order valence-corrected chi connectivity index (χ4v) is 1.90. The Balaban J connectivity index is 0.000000342. The number of hydrogen-bond acceptors (Lipinski definition) is 0. The molecular weight excluding hydrogens is 276 g/mol. The van der Waals surface area contributed by atoms with Gasteiger partial charge in [-0.15, -0.1) is 0 Å². The van der Waals surface area contributed by atoms with E-state index in [9.17, 15) is 0 Å². The van der Waals surface area contributed by atoms with Crippen molar-refractivity contribution in [2.75, 3.05) is 0 Å². The van der Waals surface area contributed by atoms with E-state index in [1.165, 1.54) is 11.1 Å². The van der Waals surface area contributed by atoms with Gasteiger partial charge in [0.05, 0.1) is 0 Å². The SMILES string of the molecule is CC.CC(C)c1cccc(Cl)c1.CC(C)c1ccccc1. The van der Waals surface area contributed by atoms with Crippen LogP contribution >= 0.6 is 11.6 Å². The van der Waals surface area contributed by atoms with Gasteiger partial charge >= 0.3 is 0 Å². The molecule has 0 unspecified atom stereocenters. The third-order valence-electron chi connectivity index (χ3n) is 2.98. The minimum absolute atomic E-state index is 0.568. The fourth-order valence-electron chi connectivity index (χ4n) is 1.70. The van der Waals surface area contributed by atoms with Gasteiger partial charge in [0.2, 0.25) is 0 Å². The van der Waals surface area contributed by atoms with Crippen LogP contribution in [-0.4, -0.2) is 0 Å². The lowest BCUT2D eigenvalue weighted by Gasteiger charge is -2.03. The highest BCUT2D eigenvalue weighted by Gasteiger charge is 1.97. The fraction of sp³-hybridized carbons (Fsp3) is 0.400. The molecule has 0 aromatic heterocycles. The first-order valence-corrected chi connectivity index (χ1v) is 8.19. The Labute approximate surface area is 136 Å². The van der Waals surface area contributed by atoms with Crippen LogP contribution in [-0.2, 0) is 0 Å². The molecule has 0 saturated heterocycles. The van der Waals surface area contributed by atoms with Crippen LogP contribution in [0.25, 0.3) is 0 Å². The first-order valence-electron chi connectivity index (χ1n) is 7.81. The highest BCUT2D eigenvalue weighted by molar-refractivity contribution is 6.30. The van der Waals surface area contributed by atoms with Gasteiger partial charge in [0.1, 0.15) is 0 Å². The van der Waals surface area contributed by atoms with Crippen LogP contribution in [0.2, 0.25) is 5.02 Å². The number of rotatable bonds is 2. The molecule has 21 heavy (non-hydrogen) atoms. The van der Waals surface area contributed by atoms with E-state index in [0.717, 1.165) is 5.02 Å². The predicted octanol–water partition coefficient (Wildman–Crippen LogP) is 7.30. The lowest BCUT2D eigenvalue weighted by Crippen LogP contribution is -1.84. The smallest absolute Gasteiger partial charge is 0.0408 e. The molecule has 2 rings (SSSR count). The Kier molecular flexibility index (Phi) is 10.7. The van der Waals surface area contributed by atoms with Crippen molar-refractivity contribution in [1.29, 1.82) is 0 Å². The summed E-state index contributed by atoms with van der Waals surface area (Å²) in [5.74, 6) is 1.23. The average molecular weight is 305 g/mol. The topological polar surface area (TPSA) is 0 Å². The molecule has 0 atom stereocenters. The van der Waals surface area contributed by atoms with E-state index < -0.39 is 0 Å². The van der Waals surface area contributed by atoms with Gasteiger partial charge in [0.15, 0.2) is 0 Å². The third-order valence-corrected chi connectivity index (χ3v) is 3.22. The van der Waals surface area contributed by atoms with Gasteiger partial charge in [-0.25, -0.2) is 0 Å². The summed E-state index contributed by atoms with van der Waals surface area (Å²) in [5.41, 5.74) is 2.71. The van der Waals surface area contributed by atoms with E-state index in [0.29, 0.717) is 11.8 Å². The van der Waals surface area contributed by atoms with E-state index in [1.807, 2.05) is 38.1 Å². The standard InChI is InChI=1S/C9H11Cl.C9H12.C2H6/c1-7(2)8-4-3-5-9(10)6-8;1-8(2)9-6-4-3-5-7-9;1-2/h3-7H,1-2H3;3-8H,1-2H3;1-2H3. The zero-order valence-corrected chi connectivity index (χ0v) is 15.0. The van der Waals surface area contributed by atoms with Gasteiger partial charge in [0.25, 0.3) is 0 Å². The van der Waals surface area contributed by atoms with Crippen molar-refractivity contribution in [2.24, 2.45) is 0 Å². The van der Waals surface area contributed by atoms with Crippen LogP contribution in [0.15, 0.2) is 54.6 Å².